The fourth-order valence-corrected chi connectivity index (χ4v) is 7.14. The van der Waals surface area contributed by atoms with Gasteiger partial charge in [0.25, 0.3) is 0 Å². The Kier molecular flexibility index (Phi) is 4.29. The first-order valence-electron chi connectivity index (χ1n) is 8.76. The molecule has 0 saturated heterocycles. The molecule has 3 aliphatic carbocycles. The molecule has 0 unspecified atom stereocenters. The zero-order valence-electron chi connectivity index (χ0n) is 13.5. The summed E-state index contributed by atoms with van der Waals surface area (Å²) in [5.41, 5.74) is 0.911. The molecule has 0 aliphatic heterocycles. The first-order valence-corrected chi connectivity index (χ1v) is 11.1. The van der Waals surface area contributed by atoms with E-state index in [1.807, 2.05) is 0 Å². The number of aryl methyl sites for hydroxylation is 1. The number of hydrogen-bond acceptors (Lipinski definition) is 4. The number of halogens is 1. The van der Waals surface area contributed by atoms with E-state index in [0.29, 0.717) is 9.77 Å². The van der Waals surface area contributed by atoms with Gasteiger partial charge in [-0.05, 0) is 56.9 Å². The Balaban J connectivity index is 1.66. The molecular weight excluding hydrogens is 349 g/mol. The molecule has 7 heteroatoms. The molecule has 0 radical (unpaired) electrons. The monoisotopic (exact) mass is 371 g/mol. The van der Waals surface area contributed by atoms with Crippen LogP contribution >= 0.6 is 11.3 Å². The van der Waals surface area contributed by atoms with Gasteiger partial charge in [0.15, 0.2) is 0 Å². The van der Waals surface area contributed by atoms with Crippen LogP contribution in [0.3, 0.4) is 0 Å². The third-order valence-electron chi connectivity index (χ3n) is 5.23. The highest BCUT2D eigenvalue weighted by Crippen LogP contribution is 2.40. The zero-order valence-corrected chi connectivity index (χ0v) is 15.1. The number of fused-ring (bicyclic) bond motifs is 1. The third-order valence-corrected chi connectivity index (χ3v) is 8.32. The highest BCUT2D eigenvalue weighted by Gasteiger charge is 2.37. The third kappa shape index (κ3) is 3.18. The van der Waals surface area contributed by atoms with E-state index in [1.54, 1.807) is 0 Å². The predicted octanol–water partition coefficient (Wildman–Crippen LogP) is 2.93. The van der Waals surface area contributed by atoms with Gasteiger partial charge in [0, 0.05) is 28.1 Å². The Labute approximate surface area is 145 Å². The maximum Gasteiger partial charge on any atom is 0.242 e. The Hall–Kier alpha value is -0.790. The molecular formula is C17H22FNO3S2. The number of carbonyl (C=O) groups excluding carboxylic acids is 1. The van der Waals surface area contributed by atoms with E-state index in [4.69, 9.17) is 0 Å². The summed E-state index contributed by atoms with van der Waals surface area (Å²) >= 11 is 1.50. The number of sulfonamides is 1. The van der Waals surface area contributed by atoms with Crippen molar-refractivity contribution in [1.29, 1.82) is 0 Å². The van der Waals surface area contributed by atoms with Gasteiger partial charge in [-0.3, -0.25) is 4.79 Å². The molecule has 1 aromatic heterocycles. The van der Waals surface area contributed by atoms with Gasteiger partial charge in [-0.2, -0.15) is 0 Å². The summed E-state index contributed by atoms with van der Waals surface area (Å²) in [5.74, 6) is 0.295. The van der Waals surface area contributed by atoms with Crippen LogP contribution in [0.5, 0.6) is 0 Å². The van der Waals surface area contributed by atoms with Crippen LogP contribution in [0.15, 0.2) is 4.90 Å². The fourth-order valence-electron chi connectivity index (χ4n) is 3.65. The largest absolute Gasteiger partial charge is 0.299 e. The normalized spacial score (nSPS) is 26.7. The second-order valence-corrected chi connectivity index (χ2v) is 10.1. The van der Waals surface area contributed by atoms with Crippen molar-refractivity contribution in [2.75, 3.05) is 0 Å². The molecule has 0 bridgehead atoms. The number of ketones is 1. The van der Waals surface area contributed by atoms with Gasteiger partial charge >= 0.3 is 0 Å². The van der Waals surface area contributed by atoms with E-state index in [-0.39, 0.29) is 37.0 Å². The minimum atomic E-state index is -3.68. The number of thiophene rings is 1. The lowest BCUT2D eigenvalue weighted by atomic mass is 9.92. The summed E-state index contributed by atoms with van der Waals surface area (Å²) in [5, 5.41) is 0. The summed E-state index contributed by atoms with van der Waals surface area (Å²) < 4.78 is 41.5. The molecule has 4 rings (SSSR count). The average molecular weight is 371 g/mol. The topological polar surface area (TPSA) is 63.2 Å². The number of hydrogen-bond donors (Lipinski definition) is 1. The van der Waals surface area contributed by atoms with Crippen molar-refractivity contribution in [2.45, 2.75) is 74.9 Å². The SMILES string of the molecule is O=C(Cc1sc2c(c1S(=O)(=O)NC1CC(F)C1)CCCC2)C1CC1. The number of Topliss-reactive ketones (excluding diaryl/α,β-unsaturated/α-hetero) is 1. The first kappa shape index (κ1) is 16.7. The van der Waals surface area contributed by atoms with E-state index in [1.165, 1.54) is 11.3 Å². The van der Waals surface area contributed by atoms with Crippen LogP contribution in [0.4, 0.5) is 4.39 Å². The van der Waals surface area contributed by atoms with E-state index < -0.39 is 16.2 Å². The number of nitrogens with one attached hydrogen (secondary N) is 1. The zero-order chi connectivity index (χ0) is 16.9. The quantitative estimate of drug-likeness (QED) is 0.836. The molecule has 0 amide bonds. The molecule has 24 heavy (non-hydrogen) atoms. The molecule has 2 saturated carbocycles. The highest BCUT2D eigenvalue weighted by atomic mass is 32.2. The van der Waals surface area contributed by atoms with E-state index >= 15 is 0 Å². The van der Waals surface area contributed by atoms with Crippen molar-refractivity contribution < 1.29 is 17.6 Å². The van der Waals surface area contributed by atoms with Crippen molar-refractivity contribution >= 4 is 27.1 Å². The summed E-state index contributed by atoms with van der Waals surface area (Å²) in [6, 6.07) is -0.309. The Morgan fingerprint density at radius 2 is 1.92 bits per heavy atom. The van der Waals surface area contributed by atoms with Crippen molar-refractivity contribution in [3.8, 4) is 0 Å². The number of rotatable bonds is 6. The summed E-state index contributed by atoms with van der Waals surface area (Å²) in [4.78, 5) is 14.4. The maximum absolute atomic E-state index is 13.0. The molecule has 0 spiro atoms. The molecule has 132 valence electrons. The minimum Gasteiger partial charge on any atom is -0.299 e. The lowest BCUT2D eigenvalue weighted by Crippen LogP contribution is -2.45. The van der Waals surface area contributed by atoms with E-state index in [9.17, 15) is 17.6 Å². The van der Waals surface area contributed by atoms with Crippen LogP contribution in [0.25, 0.3) is 0 Å². The average Bonchev–Trinajstić information content (AvgIpc) is 3.26. The summed E-state index contributed by atoms with van der Waals surface area (Å²) in [6.07, 6.45) is 5.42. The molecule has 1 aromatic rings. The van der Waals surface area contributed by atoms with Gasteiger partial charge in [-0.15, -0.1) is 11.3 Å². The molecule has 4 nitrogen and oxygen atoms in total. The van der Waals surface area contributed by atoms with E-state index in [2.05, 4.69) is 4.72 Å². The van der Waals surface area contributed by atoms with Gasteiger partial charge < -0.3 is 0 Å². The van der Waals surface area contributed by atoms with Gasteiger partial charge in [0.05, 0.1) is 4.90 Å². The standard InChI is InChI=1S/C17H22FNO3S2/c18-11-7-12(8-11)19-24(21,22)17-13-3-1-2-4-15(13)23-16(17)9-14(20)10-5-6-10/h10-12,19H,1-9H2. The molecule has 0 atom stereocenters. The molecule has 2 fully saturated rings. The van der Waals surface area contributed by atoms with Gasteiger partial charge in [-0.1, -0.05) is 0 Å². The molecule has 1 heterocycles. The Bertz CT molecular complexity index is 761. The lowest BCUT2D eigenvalue weighted by Gasteiger charge is -2.30. The van der Waals surface area contributed by atoms with Crippen molar-refractivity contribution in [3.05, 3.63) is 15.3 Å². The summed E-state index contributed by atoms with van der Waals surface area (Å²) in [6.45, 7) is 0. The molecule has 3 aliphatic rings. The fraction of sp³-hybridized carbons (Fsp3) is 0.706. The van der Waals surface area contributed by atoms with Crippen LogP contribution < -0.4 is 4.72 Å². The van der Waals surface area contributed by atoms with Crippen molar-refractivity contribution in [1.82, 2.24) is 4.72 Å². The molecule has 1 N–H and O–H groups in total. The van der Waals surface area contributed by atoms with Gasteiger partial charge in [-0.25, -0.2) is 17.5 Å². The Morgan fingerprint density at radius 1 is 1.21 bits per heavy atom. The van der Waals surface area contributed by atoms with Crippen LogP contribution in [-0.4, -0.2) is 26.4 Å². The van der Waals surface area contributed by atoms with Gasteiger partial charge in [0.2, 0.25) is 10.0 Å². The van der Waals surface area contributed by atoms with Crippen LogP contribution in [0, 0.1) is 5.92 Å². The van der Waals surface area contributed by atoms with Crippen LogP contribution in [-0.2, 0) is 34.1 Å². The highest BCUT2D eigenvalue weighted by molar-refractivity contribution is 7.89. The first-order chi connectivity index (χ1) is 11.4. The smallest absolute Gasteiger partial charge is 0.242 e. The second kappa shape index (κ2) is 6.18. The second-order valence-electron chi connectivity index (χ2n) is 7.27. The van der Waals surface area contributed by atoms with Gasteiger partial charge in [0.1, 0.15) is 12.0 Å². The Morgan fingerprint density at radius 3 is 2.58 bits per heavy atom. The van der Waals surface area contributed by atoms with Crippen molar-refractivity contribution in [3.63, 3.8) is 0 Å². The van der Waals surface area contributed by atoms with E-state index in [0.717, 1.165) is 49.0 Å². The minimum absolute atomic E-state index is 0.131. The maximum atomic E-state index is 13.0. The van der Waals surface area contributed by atoms with Crippen molar-refractivity contribution in [2.24, 2.45) is 5.92 Å². The number of alkyl halides is 1. The predicted molar refractivity (Wildman–Crippen MR) is 90.6 cm³/mol. The summed E-state index contributed by atoms with van der Waals surface area (Å²) in [7, 11) is -3.68. The number of carbonyl (C=O) groups is 1. The lowest BCUT2D eigenvalue weighted by molar-refractivity contribution is -0.119. The van der Waals surface area contributed by atoms with Crippen LogP contribution in [0.2, 0.25) is 0 Å². The molecule has 0 aromatic carbocycles. The van der Waals surface area contributed by atoms with Crippen LogP contribution in [0.1, 0.15) is 53.8 Å².